The van der Waals surface area contributed by atoms with Gasteiger partial charge in [-0.15, -0.1) is 0 Å². The van der Waals surface area contributed by atoms with Crippen LogP contribution in [0.2, 0.25) is 0 Å². The van der Waals surface area contributed by atoms with Gasteiger partial charge in [0.05, 0.1) is 0 Å². The summed E-state index contributed by atoms with van der Waals surface area (Å²) >= 11 is 0. The van der Waals surface area contributed by atoms with E-state index < -0.39 is 0 Å². The molecule has 0 aromatic heterocycles. The Morgan fingerprint density at radius 3 is 2.56 bits per heavy atom. The second-order valence-electron chi connectivity index (χ2n) is 5.92. The van der Waals surface area contributed by atoms with Gasteiger partial charge in [0.1, 0.15) is 11.6 Å². The molecule has 0 amide bonds. The van der Waals surface area contributed by atoms with Crippen LogP contribution < -0.4 is 0 Å². The topological polar surface area (TPSA) is 34.1 Å². The van der Waals surface area contributed by atoms with Gasteiger partial charge in [0.15, 0.2) is 0 Å². The van der Waals surface area contributed by atoms with Crippen molar-refractivity contribution in [1.29, 1.82) is 0 Å². The van der Waals surface area contributed by atoms with E-state index in [1.165, 1.54) is 0 Å². The van der Waals surface area contributed by atoms with E-state index in [1.807, 2.05) is 0 Å². The van der Waals surface area contributed by atoms with Crippen LogP contribution in [0.1, 0.15) is 46.5 Å². The van der Waals surface area contributed by atoms with E-state index in [9.17, 15) is 9.59 Å². The van der Waals surface area contributed by atoms with Crippen molar-refractivity contribution in [1.82, 2.24) is 0 Å². The van der Waals surface area contributed by atoms with Crippen LogP contribution in [0.4, 0.5) is 0 Å². The molecule has 2 aliphatic carbocycles. The summed E-state index contributed by atoms with van der Waals surface area (Å²) in [5.74, 6) is 3.61. The van der Waals surface area contributed by atoms with Gasteiger partial charge in [0.2, 0.25) is 0 Å². The van der Waals surface area contributed by atoms with E-state index in [0.717, 1.165) is 19.3 Å². The molecule has 0 spiro atoms. The monoisotopic (exact) mass is 222 g/mol. The average molecular weight is 222 g/mol. The third-order valence-corrected chi connectivity index (χ3v) is 4.51. The molecule has 2 saturated carbocycles. The van der Waals surface area contributed by atoms with Gasteiger partial charge in [0.25, 0.3) is 0 Å². The maximum Gasteiger partial charge on any atom is 0.136 e. The van der Waals surface area contributed by atoms with Crippen LogP contribution >= 0.6 is 0 Å². The molecular formula is C14H22O2. The molecule has 4 atom stereocenters. The van der Waals surface area contributed by atoms with E-state index in [4.69, 9.17) is 0 Å². The number of rotatable bonds is 5. The maximum absolute atomic E-state index is 11.6. The highest BCUT2D eigenvalue weighted by Gasteiger charge is 2.60. The molecule has 0 aliphatic heterocycles. The second kappa shape index (κ2) is 4.31. The van der Waals surface area contributed by atoms with Gasteiger partial charge in [-0.2, -0.15) is 0 Å². The summed E-state index contributed by atoms with van der Waals surface area (Å²) < 4.78 is 0. The summed E-state index contributed by atoms with van der Waals surface area (Å²) in [6, 6.07) is 0. The van der Waals surface area contributed by atoms with Crippen molar-refractivity contribution in [3.63, 3.8) is 0 Å². The Morgan fingerprint density at radius 2 is 2.12 bits per heavy atom. The zero-order valence-electron chi connectivity index (χ0n) is 10.5. The van der Waals surface area contributed by atoms with Gasteiger partial charge in [-0.1, -0.05) is 13.8 Å². The number of hydrogen-bond acceptors (Lipinski definition) is 2. The van der Waals surface area contributed by atoms with Crippen molar-refractivity contribution in [2.75, 3.05) is 0 Å². The predicted octanol–water partition coefficient (Wildman–Crippen LogP) is 2.85. The summed E-state index contributed by atoms with van der Waals surface area (Å²) in [6.07, 6.45) is 3.59. The highest BCUT2D eigenvalue weighted by atomic mass is 16.1. The minimum absolute atomic E-state index is 0.280. The molecule has 0 radical (unpaired) electrons. The standard InChI is InChI=1S/C14H22O2/c1-8(2)10(5-4-9(3)15)13-11-6-7-12(16)14(11)13/h8,10-11,13-14H,4-7H2,1-3H3/t10-,11+,13-,14-/m0/s1. The fourth-order valence-corrected chi connectivity index (χ4v) is 3.63. The molecule has 0 aromatic rings. The molecule has 0 unspecified atom stereocenters. The van der Waals surface area contributed by atoms with Gasteiger partial charge < -0.3 is 4.79 Å². The molecular weight excluding hydrogens is 200 g/mol. The van der Waals surface area contributed by atoms with Crippen molar-refractivity contribution < 1.29 is 9.59 Å². The van der Waals surface area contributed by atoms with Gasteiger partial charge in [-0.05, 0) is 43.4 Å². The first-order chi connectivity index (χ1) is 7.52. The van der Waals surface area contributed by atoms with Gasteiger partial charge in [0, 0.05) is 18.8 Å². The summed E-state index contributed by atoms with van der Waals surface area (Å²) in [5, 5.41) is 0. The zero-order valence-corrected chi connectivity index (χ0v) is 10.5. The SMILES string of the molecule is CC(=O)CC[C@@H](C(C)C)[C@H]1[C@H]2CCC(=O)[C@H]21. The van der Waals surface area contributed by atoms with Crippen molar-refractivity contribution in [2.45, 2.75) is 46.5 Å². The van der Waals surface area contributed by atoms with Gasteiger partial charge in [-0.25, -0.2) is 0 Å². The molecule has 0 heterocycles. The highest BCUT2D eigenvalue weighted by Crippen LogP contribution is 2.60. The Bertz CT molecular complexity index is 306. The molecule has 0 aromatic carbocycles. The highest BCUT2D eigenvalue weighted by molar-refractivity contribution is 5.87. The fraction of sp³-hybridized carbons (Fsp3) is 0.857. The summed E-state index contributed by atoms with van der Waals surface area (Å²) in [4.78, 5) is 22.7. The molecule has 2 heteroatoms. The number of carbonyl (C=O) groups is 2. The Hall–Kier alpha value is -0.660. The quantitative estimate of drug-likeness (QED) is 0.716. The number of fused-ring (bicyclic) bond motifs is 1. The molecule has 90 valence electrons. The van der Waals surface area contributed by atoms with Crippen LogP contribution in [0.15, 0.2) is 0 Å². The fourth-order valence-electron chi connectivity index (χ4n) is 3.63. The van der Waals surface area contributed by atoms with Crippen molar-refractivity contribution in [3.05, 3.63) is 0 Å². The lowest BCUT2D eigenvalue weighted by molar-refractivity contribution is -0.119. The van der Waals surface area contributed by atoms with E-state index in [-0.39, 0.29) is 5.78 Å². The molecule has 2 rings (SSSR count). The third-order valence-electron chi connectivity index (χ3n) is 4.51. The number of ketones is 2. The molecule has 0 N–H and O–H groups in total. The van der Waals surface area contributed by atoms with Crippen LogP contribution in [0, 0.1) is 29.6 Å². The average Bonchev–Trinajstić information content (AvgIpc) is 2.75. The minimum atomic E-state index is 0.280. The van der Waals surface area contributed by atoms with Crippen LogP contribution in [-0.4, -0.2) is 11.6 Å². The lowest BCUT2D eigenvalue weighted by atomic mass is 9.83. The Balaban J connectivity index is 1.94. The van der Waals surface area contributed by atoms with Crippen molar-refractivity contribution in [2.24, 2.45) is 29.6 Å². The first-order valence-electron chi connectivity index (χ1n) is 6.54. The molecule has 16 heavy (non-hydrogen) atoms. The lowest BCUT2D eigenvalue weighted by Gasteiger charge is -2.22. The van der Waals surface area contributed by atoms with Crippen molar-refractivity contribution in [3.8, 4) is 0 Å². The molecule has 0 saturated heterocycles. The number of Topliss-reactive ketones (excluding diaryl/α,β-unsaturated/α-hetero) is 2. The summed E-state index contributed by atoms with van der Waals surface area (Å²) in [5.41, 5.74) is 0. The second-order valence-corrected chi connectivity index (χ2v) is 5.92. The first kappa shape index (κ1) is 11.8. The summed E-state index contributed by atoms with van der Waals surface area (Å²) in [7, 11) is 0. The minimum Gasteiger partial charge on any atom is -0.300 e. The summed E-state index contributed by atoms with van der Waals surface area (Å²) in [6.45, 7) is 6.11. The van der Waals surface area contributed by atoms with Crippen LogP contribution in [0.5, 0.6) is 0 Å². The molecule has 0 bridgehead atoms. The normalized spacial score (nSPS) is 34.0. The first-order valence-corrected chi connectivity index (χ1v) is 6.54. The van der Waals surface area contributed by atoms with Crippen LogP contribution in [0.25, 0.3) is 0 Å². The molecule has 2 aliphatic rings. The maximum atomic E-state index is 11.6. The van der Waals surface area contributed by atoms with Gasteiger partial charge in [-0.3, -0.25) is 4.79 Å². The number of carbonyl (C=O) groups excluding carboxylic acids is 2. The molecule has 2 fully saturated rings. The number of hydrogen-bond donors (Lipinski definition) is 0. The molecule has 2 nitrogen and oxygen atoms in total. The van der Waals surface area contributed by atoms with Gasteiger partial charge >= 0.3 is 0 Å². The van der Waals surface area contributed by atoms with Crippen molar-refractivity contribution >= 4 is 11.6 Å². The van der Waals surface area contributed by atoms with Crippen LogP contribution in [0.3, 0.4) is 0 Å². The van der Waals surface area contributed by atoms with Crippen LogP contribution in [-0.2, 0) is 9.59 Å². The Labute approximate surface area is 97.8 Å². The van der Waals surface area contributed by atoms with E-state index in [1.54, 1.807) is 6.92 Å². The van der Waals surface area contributed by atoms with E-state index in [2.05, 4.69) is 13.8 Å². The smallest absolute Gasteiger partial charge is 0.136 e. The Kier molecular flexibility index (Phi) is 3.18. The predicted molar refractivity (Wildman–Crippen MR) is 63.0 cm³/mol. The van der Waals surface area contributed by atoms with E-state index in [0.29, 0.717) is 41.8 Å². The lowest BCUT2D eigenvalue weighted by Crippen LogP contribution is -2.17. The third kappa shape index (κ3) is 2.07. The van der Waals surface area contributed by atoms with E-state index >= 15 is 0 Å². The zero-order chi connectivity index (χ0) is 11.9. The Morgan fingerprint density at radius 1 is 1.44 bits per heavy atom. The largest absolute Gasteiger partial charge is 0.300 e.